The average Bonchev–Trinajstić information content (AvgIpc) is 1.35. The van der Waals surface area contributed by atoms with E-state index in [1.165, 1.54) is 60.7 Å². The number of ether oxygens (including phenoxy) is 6. The Morgan fingerprint density at radius 1 is 0.591 bits per heavy atom. The lowest BCUT2D eigenvalue weighted by atomic mass is 9.79. The molecule has 0 aliphatic carbocycles. The van der Waals surface area contributed by atoms with Crippen molar-refractivity contribution >= 4 is 63.2 Å². The molecule has 0 spiro atoms. The van der Waals surface area contributed by atoms with Crippen molar-refractivity contribution in [1.82, 2.24) is 26.2 Å². The Morgan fingerprint density at radius 3 is 1.47 bits per heavy atom. The lowest BCUT2D eigenvalue weighted by Gasteiger charge is -2.44. The lowest BCUT2D eigenvalue weighted by Crippen LogP contribution is -2.53. The molecule has 3 saturated heterocycles. The van der Waals surface area contributed by atoms with E-state index in [2.05, 4.69) is 102 Å². The van der Waals surface area contributed by atoms with Gasteiger partial charge in [0.2, 0.25) is 12.7 Å². The van der Waals surface area contributed by atoms with Crippen LogP contribution in [0.2, 0.25) is 19.6 Å². The fourth-order valence-corrected chi connectivity index (χ4v) is 14.6. The van der Waals surface area contributed by atoms with Crippen molar-refractivity contribution in [3.05, 3.63) is 318 Å². The number of carbonyl (C=O) groups excluding carboxylic acids is 6. The Kier molecular flexibility index (Phi) is 48.4. The highest BCUT2D eigenvalue weighted by Crippen LogP contribution is 2.43. The number of nitro groups is 2. The Morgan fingerprint density at radius 2 is 1.05 bits per heavy atom. The molecular weight excluding hydrogens is 1770 g/mol. The van der Waals surface area contributed by atoms with E-state index in [1.807, 2.05) is 81.4 Å². The third kappa shape index (κ3) is 43.3. The van der Waals surface area contributed by atoms with Crippen molar-refractivity contribution in [3.8, 4) is 0 Å². The van der Waals surface area contributed by atoms with E-state index in [9.17, 15) is 84.1 Å². The highest BCUT2D eigenvalue weighted by atomic mass is 35.5. The molecule has 132 heavy (non-hydrogen) atoms. The summed E-state index contributed by atoms with van der Waals surface area (Å²) in [7, 11) is -0.520. The Balaban J connectivity index is 0.000000401. The van der Waals surface area contributed by atoms with Gasteiger partial charge in [0, 0.05) is 75.9 Å². The second-order valence-electron chi connectivity index (χ2n) is 34.0. The second-order valence-corrected chi connectivity index (χ2v) is 38.4. The zero-order chi connectivity index (χ0) is 98.0. The fraction of sp³-hybridized carbons (Fsp3) is 0.400. The molecule has 3 heterocycles. The van der Waals surface area contributed by atoms with Crippen LogP contribution in [0.5, 0.6) is 0 Å². The van der Waals surface area contributed by atoms with Crippen LogP contribution in [0.1, 0.15) is 158 Å². The number of hydrogen-bond acceptors (Lipinski definition) is 21. The quantitative estimate of drug-likeness (QED) is 0.00659. The largest absolute Gasteiger partial charge is 0.481 e. The highest BCUT2D eigenvalue weighted by molar-refractivity contribution is 6.69. The van der Waals surface area contributed by atoms with Crippen molar-refractivity contribution in [1.29, 1.82) is 0 Å². The number of nitrogens with zero attached hydrogens (tertiary/aromatic N) is 3. The number of carboxylic acids is 1. The molecule has 7 atom stereocenters. The minimum absolute atomic E-state index is 0. The summed E-state index contributed by atoms with van der Waals surface area (Å²) < 4.78 is 141. The first-order chi connectivity index (χ1) is 61.4. The molecule has 0 aromatic heterocycles. The number of alkyl carbamates (subject to hydrolysis) is 2. The normalized spacial score (nSPS) is 15.9. The third-order valence-corrected chi connectivity index (χ3v) is 19.4. The molecule has 7 N–H and O–H groups in total. The molecule has 3 aliphatic rings. The maximum absolute atomic E-state index is 13.4. The van der Waals surface area contributed by atoms with Gasteiger partial charge >= 0.3 is 30.2 Å². The van der Waals surface area contributed by atoms with E-state index < -0.39 is 130 Å². The predicted octanol–water partition coefficient (Wildman–Crippen LogP) is 18.6. The van der Waals surface area contributed by atoms with Crippen molar-refractivity contribution in [2.75, 3.05) is 46.4 Å². The predicted molar refractivity (Wildman–Crippen MR) is 486 cm³/mol. The first-order valence-corrected chi connectivity index (χ1v) is 45.1. The van der Waals surface area contributed by atoms with E-state index >= 15 is 0 Å². The molecule has 27 nitrogen and oxygen atoms in total. The SMILES string of the molecule is CC(=O)O.CC(=O)OCc1ccccc1.CC(C)(C)OC(=O)C[C@@H]1CNC[C@H]1c1ccc(F)c(F)c1.CC(C)(C)OC(=O)N/C=C\[N+](=O)[O-].CO[C@@H](c1ccc(F)c(F)c1)[C@H](C[N+](=O)[O-])NC(=O)OC(C)(C)C.C[Si](C)(C)OC(c1ccccc1)(c1ccccc1)[C@H]1CCCN1.Cl.N[C@@H]1CN(C(=O)OCc2ccccc2)C[C@H]1c1ccc(F)c(F)c1.O=CCc1ccc(F)c(F)c1. The van der Waals surface area contributed by atoms with Gasteiger partial charge in [-0.2, -0.15) is 0 Å². The van der Waals surface area contributed by atoms with Gasteiger partial charge in [0.1, 0.15) is 54.0 Å². The Hall–Kier alpha value is -12.1. The van der Waals surface area contributed by atoms with E-state index in [1.54, 1.807) is 47.6 Å². The topological polar surface area (TPSA) is 368 Å². The number of nitrogens with one attached hydrogen (secondary N) is 4. The summed E-state index contributed by atoms with van der Waals surface area (Å²) >= 11 is 0. The molecule has 37 heteroatoms. The first-order valence-electron chi connectivity index (χ1n) is 41.6. The van der Waals surface area contributed by atoms with E-state index in [4.69, 9.17) is 48.5 Å². The standard InChI is InChI=1S/C20H27NOSi.C18H18F2N2O2.C16H21F2NO2.C15H20F2N2O5.C9H10O2.C8H6F2O.C7H12N2O4.C2H4O2.ClH/c1-23(2,3)22-20(19-15-10-16-21-19,17-11-6-4-7-12-17)18-13-8-5-9-14-18;19-15-7-6-13(8-16(15)20)14-9-22(10-17(14)21)18(23)24-11-12-4-2-1-3-5-12;1-16(2,3)21-15(20)7-11-8-19-9-12(11)10-4-5-13(17)14(18)6-10;1-15(2,3)24-14(20)18-12(8-19(21)22)13(23-4)9-5-6-10(16)11(17)7-9;1-8(10)11-7-9-5-3-2-4-6-9;9-7-2-1-6(3-4-11)5-8(7)10;1-7(2,3)13-6(10)8-4-5-9(11)12;1-2(3)4;/h4-9,11-14,19,21H,10,15-16H2,1-3H3;1-8,14,17H,9-11,21H2;4-6,11-12,19H,7-9H2,1-3H3;5-7,12-13H,8H2,1-4H3,(H,18,20);2-6H,7H2,1H3;1-2,4-5H,3H2;4-5H,1-3H3,(H,8,10);1H3,(H,3,4);1H/b;;;;;;5-4-;;/t19-;14-,17+;11-,12+;12-,13-;;;;;/m1010...../s1. The van der Waals surface area contributed by atoms with Gasteiger partial charge in [-0.15, -0.1) is 12.4 Å². The minimum atomic E-state index is -1.77. The van der Waals surface area contributed by atoms with Crippen molar-refractivity contribution < 1.29 is 116 Å². The van der Waals surface area contributed by atoms with Crippen LogP contribution < -0.4 is 27.0 Å². The average molecular weight is 1890 g/mol. The van der Waals surface area contributed by atoms with Crippen LogP contribution in [0.4, 0.5) is 49.5 Å². The van der Waals surface area contributed by atoms with Crippen LogP contribution in [-0.4, -0.2) is 152 Å². The van der Waals surface area contributed by atoms with E-state index in [0.29, 0.717) is 68.0 Å². The van der Waals surface area contributed by atoms with Crippen LogP contribution in [0.15, 0.2) is 207 Å². The van der Waals surface area contributed by atoms with Gasteiger partial charge in [-0.3, -0.25) is 39.9 Å². The molecule has 8 aromatic rings. The van der Waals surface area contributed by atoms with Gasteiger partial charge in [0.15, 0.2) is 54.9 Å². The molecule has 11 rings (SSSR count). The summed E-state index contributed by atoms with van der Waals surface area (Å²) in [6.45, 7) is 27.7. The number of carbonyl (C=O) groups is 7. The fourth-order valence-electron chi connectivity index (χ4n) is 13.3. The number of benzene rings is 8. The number of methoxy groups -OCH3 is 1. The number of amides is 3. The van der Waals surface area contributed by atoms with Crippen LogP contribution in [0.25, 0.3) is 0 Å². The summed E-state index contributed by atoms with van der Waals surface area (Å²) in [6, 6.07) is 53.3. The molecule has 3 fully saturated rings. The summed E-state index contributed by atoms with van der Waals surface area (Å²) in [5.41, 5.74) is 10.1. The molecule has 0 radical (unpaired) electrons. The minimum Gasteiger partial charge on any atom is -0.481 e. The van der Waals surface area contributed by atoms with Crippen molar-refractivity contribution in [2.45, 2.75) is 193 Å². The number of aliphatic carboxylic acids is 1. The van der Waals surface area contributed by atoms with Crippen molar-refractivity contribution in [3.63, 3.8) is 0 Å². The van der Waals surface area contributed by atoms with E-state index in [0.717, 1.165) is 79.7 Å². The number of nitrogens with two attached hydrogens (primary N) is 1. The number of hydrogen-bond donors (Lipinski definition) is 6. The molecule has 3 amide bonds. The number of halogens is 9. The number of likely N-dealkylation sites (tertiary alicyclic amines) is 1. The zero-order valence-corrected chi connectivity index (χ0v) is 78.2. The van der Waals surface area contributed by atoms with E-state index in [-0.39, 0.29) is 73.2 Å². The molecule has 720 valence electrons. The summed E-state index contributed by atoms with van der Waals surface area (Å²) in [4.78, 5) is 97.0. The maximum atomic E-state index is 13.4. The molecule has 3 aliphatic heterocycles. The number of carboxylic acid groups (broad SMARTS) is 1. The lowest BCUT2D eigenvalue weighted by molar-refractivity contribution is -0.485. The van der Waals surface area contributed by atoms with Gasteiger partial charge in [-0.05, 0) is 207 Å². The van der Waals surface area contributed by atoms with Gasteiger partial charge in [0.25, 0.3) is 5.97 Å². The third-order valence-electron chi connectivity index (χ3n) is 18.5. The Labute approximate surface area is 771 Å². The molecule has 0 unspecified atom stereocenters. The Bertz CT molecular complexity index is 4940. The highest BCUT2D eigenvalue weighted by Gasteiger charge is 2.47. The van der Waals surface area contributed by atoms with Gasteiger partial charge in [0.05, 0.1) is 17.5 Å². The van der Waals surface area contributed by atoms with Crippen molar-refractivity contribution in [2.24, 2.45) is 11.7 Å². The smallest absolute Gasteiger partial charge is 0.411 e. The molecule has 0 saturated carbocycles. The van der Waals surface area contributed by atoms with Gasteiger partial charge in [-0.1, -0.05) is 146 Å². The maximum Gasteiger partial charge on any atom is 0.411 e. The monoisotopic (exact) mass is 1890 g/mol. The van der Waals surface area contributed by atoms with Gasteiger partial charge < -0.3 is 69.3 Å². The van der Waals surface area contributed by atoms with Crippen LogP contribution >= 0.6 is 12.4 Å². The number of rotatable bonds is 23. The summed E-state index contributed by atoms with van der Waals surface area (Å²) in [5.74, 6) is -9.05. The van der Waals surface area contributed by atoms with Gasteiger partial charge in [-0.25, -0.2) is 49.5 Å². The van der Waals surface area contributed by atoms with Crippen LogP contribution in [0, 0.1) is 72.7 Å². The summed E-state index contributed by atoms with van der Waals surface area (Å²) in [6.07, 6.45) is 1.81. The molecule has 8 aromatic carbocycles. The number of esters is 2. The first kappa shape index (κ1) is 114. The zero-order valence-electron chi connectivity index (χ0n) is 76.4. The molecular formula is C95H119ClF8N8O19Si. The van der Waals surface area contributed by atoms with Crippen LogP contribution in [-0.2, 0) is 77.3 Å². The summed E-state index contributed by atoms with van der Waals surface area (Å²) in [5, 5.41) is 39.4. The number of aldehydes is 1. The van der Waals surface area contributed by atoms with Crippen LogP contribution in [0.3, 0.4) is 0 Å². The second kappa shape index (κ2) is 56.0. The molecule has 0 bridgehead atoms.